The van der Waals surface area contributed by atoms with Gasteiger partial charge in [0.15, 0.2) is 11.4 Å². The van der Waals surface area contributed by atoms with Crippen LogP contribution in [0.15, 0.2) is 55.5 Å². The Bertz CT molecular complexity index is 1760. The number of pyridine rings is 1. The van der Waals surface area contributed by atoms with Crippen molar-refractivity contribution in [1.29, 1.82) is 0 Å². The highest BCUT2D eigenvalue weighted by molar-refractivity contribution is 6.41. The SMILES string of the molecule is C=CC(=O)Cc1cc(F)cc(C)c1Nc1ncc2cc(-c3c(Cl)c(OC)cc(OC)c3Cl)c3nccn3c2n1. The van der Waals surface area contributed by atoms with Gasteiger partial charge in [-0.15, -0.1) is 0 Å². The standard InChI is InChI=1S/C28H22Cl2FN5O3/c1-5-18(37)10-15-9-17(31)8-14(2)25(15)34-28-33-13-16-11-19(27-32-6-7-36(27)26(16)35-28)22-23(29)20(38-3)12-21(39-4)24(22)30/h5-9,11-13H,1,10H2,2-4H3,(H,33,34,35). The molecule has 3 heterocycles. The highest BCUT2D eigenvalue weighted by Crippen LogP contribution is 2.47. The number of nitrogens with zero attached hydrogens (tertiary/aromatic N) is 4. The van der Waals surface area contributed by atoms with Crippen molar-refractivity contribution >= 4 is 57.3 Å². The average Bonchev–Trinajstić information content (AvgIpc) is 3.41. The minimum atomic E-state index is -0.441. The summed E-state index contributed by atoms with van der Waals surface area (Å²) in [5.74, 6) is 0.374. The summed E-state index contributed by atoms with van der Waals surface area (Å²) in [6.45, 7) is 5.25. The third kappa shape index (κ3) is 4.75. The fraction of sp³-hybridized carbons (Fsp3) is 0.143. The summed E-state index contributed by atoms with van der Waals surface area (Å²) in [6.07, 6.45) is 6.23. The zero-order valence-electron chi connectivity index (χ0n) is 21.2. The van der Waals surface area contributed by atoms with E-state index in [-0.39, 0.29) is 18.2 Å². The topological polar surface area (TPSA) is 90.6 Å². The largest absolute Gasteiger partial charge is 0.495 e. The van der Waals surface area contributed by atoms with Gasteiger partial charge in [0.05, 0.1) is 24.3 Å². The fourth-order valence-electron chi connectivity index (χ4n) is 4.44. The third-order valence-corrected chi connectivity index (χ3v) is 7.01. The Kier molecular flexibility index (Phi) is 7.12. The van der Waals surface area contributed by atoms with Crippen LogP contribution in [-0.2, 0) is 11.2 Å². The van der Waals surface area contributed by atoms with Crippen LogP contribution in [0.1, 0.15) is 11.1 Å². The third-order valence-electron chi connectivity index (χ3n) is 6.26. The highest BCUT2D eigenvalue weighted by atomic mass is 35.5. The van der Waals surface area contributed by atoms with Crippen molar-refractivity contribution in [3.8, 4) is 22.6 Å². The maximum atomic E-state index is 14.1. The van der Waals surface area contributed by atoms with E-state index in [0.29, 0.717) is 66.2 Å². The maximum Gasteiger partial charge on any atom is 0.229 e. The number of carbonyl (C=O) groups is 1. The first-order valence-corrected chi connectivity index (χ1v) is 12.5. The van der Waals surface area contributed by atoms with Gasteiger partial charge in [-0.2, -0.15) is 4.98 Å². The van der Waals surface area contributed by atoms with Crippen molar-refractivity contribution in [1.82, 2.24) is 19.4 Å². The van der Waals surface area contributed by atoms with E-state index in [1.165, 1.54) is 32.4 Å². The van der Waals surface area contributed by atoms with E-state index in [1.54, 1.807) is 36.0 Å². The Morgan fingerprint density at radius 3 is 2.49 bits per heavy atom. The van der Waals surface area contributed by atoms with Crippen LogP contribution in [-0.4, -0.2) is 39.4 Å². The molecule has 0 bridgehead atoms. The number of fused-ring (bicyclic) bond motifs is 3. The summed E-state index contributed by atoms with van der Waals surface area (Å²) < 4.78 is 26.8. The van der Waals surface area contributed by atoms with Crippen LogP contribution in [0.5, 0.6) is 11.5 Å². The molecule has 0 fully saturated rings. The Hall–Kier alpha value is -4.21. The molecule has 8 nitrogen and oxygen atoms in total. The first kappa shape index (κ1) is 26.4. The van der Waals surface area contributed by atoms with E-state index in [9.17, 15) is 9.18 Å². The molecule has 1 N–H and O–H groups in total. The van der Waals surface area contributed by atoms with Crippen LogP contribution in [0.25, 0.3) is 27.8 Å². The number of nitrogens with one attached hydrogen (secondary N) is 1. The van der Waals surface area contributed by atoms with Gasteiger partial charge in [-0.3, -0.25) is 9.20 Å². The number of ketones is 1. The van der Waals surface area contributed by atoms with Gasteiger partial charge in [0.25, 0.3) is 0 Å². The van der Waals surface area contributed by atoms with Gasteiger partial charge in [0.2, 0.25) is 5.95 Å². The number of rotatable bonds is 8. The van der Waals surface area contributed by atoms with E-state index in [1.807, 2.05) is 6.07 Å². The van der Waals surface area contributed by atoms with Crippen LogP contribution in [0, 0.1) is 12.7 Å². The number of hydrogen-bond donors (Lipinski definition) is 1. The normalized spacial score (nSPS) is 11.1. The van der Waals surface area contributed by atoms with Gasteiger partial charge >= 0.3 is 0 Å². The lowest BCUT2D eigenvalue weighted by Crippen LogP contribution is -2.07. The molecule has 0 spiro atoms. The monoisotopic (exact) mass is 565 g/mol. The van der Waals surface area contributed by atoms with Gasteiger partial charge in [0, 0.05) is 53.3 Å². The van der Waals surface area contributed by atoms with Crippen molar-refractivity contribution in [2.45, 2.75) is 13.3 Å². The molecule has 0 radical (unpaired) electrons. The lowest BCUT2D eigenvalue weighted by Gasteiger charge is -2.17. The second kappa shape index (κ2) is 10.5. The molecule has 0 saturated heterocycles. The first-order chi connectivity index (χ1) is 18.7. The minimum absolute atomic E-state index is 0.0152. The molecule has 0 aliphatic carbocycles. The van der Waals surface area contributed by atoms with Crippen LogP contribution in [0.2, 0.25) is 10.0 Å². The van der Waals surface area contributed by atoms with Crippen LogP contribution < -0.4 is 14.8 Å². The number of anilines is 2. The van der Waals surface area contributed by atoms with Crippen molar-refractivity contribution in [3.05, 3.63) is 82.5 Å². The van der Waals surface area contributed by atoms with E-state index < -0.39 is 5.82 Å². The quantitative estimate of drug-likeness (QED) is 0.208. The zero-order chi connectivity index (χ0) is 27.8. The Balaban J connectivity index is 1.66. The van der Waals surface area contributed by atoms with Gasteiger partial charge in [-0.1, -0.05) is 29.8 Å². The Morgan fingerprint density at radius 1 is 1.10 bits per heavy atom. The second-order valence-electron chi connectivity index (χ2n) is 8.66. The molecule has 39 heavy (non-hydrogen) atoms. The summed E-state index contributed by atoms with van der Waals surface area (Å²) in [4.78, 5) is 25.7. The minimum Gasteiger partial charge on any atom is -0.495 e. The van der Waals surface area contributed by atoms with Gasteiger partial charge in [0.1, 0.15) is 23.0 Å². The summed E-state index contributed by atoms with van der Waals surface area (Å²) in [5, 5.41) is 4.44. The van der Waals surface area contributed by atoms with Gasteiger partial charge < -0.3 is 14.8 Å². The summed E-state index contributed by atoms with van der Waals surface area (Å²) in [6, 6.07) is 6.15. The van der Waals surface area contributed by atoms with E-state index in [2.05, 4.69) is 21.9 Å². The second-order valence-corrected chi connectivity index (χ2v) is 9.42. The molecule has 5 rings (SSSR count). The maximum absolute atomic E-state index is 14.1. The Labute approximate surface area is 233 Å². The van der Waals surface area contributed by atoms with Gasteiger partial charge in [-0.25, -0.2) is 14.4 Å². The van der Waals surface area contributed by atoms with E-state index in [4.69, 9.17) is 37.7 Å². The highest BCUT2D eigenvalue weighted by Gasteiger charge is 2.23. The number of benzene rings is 2. The van der Waals surface area contributed by atoms with E-state index in [0.717, 1.165) is 0 Å². The average molecular weight is 566 g/mol. The van der Waals surface area contributed by atoms with Crippen molar-refractivity contribution in [2.24, 2.45) is 0 Å². The Morgan fingerprint density at radius 2 is 1.82 bits per heavy atom. The molecule has 0 atom stereocenters. The first-order valence-electron chi connectivity index (χ1n) is 11.7. The predicted octanol–water partition coefficient (Wildman–Crippen LogP) is 6.76. The number of methoxy groups -OCH3 is 2. The molecule has 0 aliphatic heterocycles. The molecule has 3 aromatic heterocycles. The number of halogens is 3. The predicted molar refractivity (Wildman–Crippen MR) is 150 cm³/mol. The molecule has 198 valence electrons. The smallest absolute Gasteiger partial charge is 0.229 e. The molecular formula is C28H22Cl2FN5O3. The number of hydrogen-bond acceptors (Lipinski definition) is 7. The molecule has 0 aliphatic rings. The van der Waals surface area contributed by atoms with Crippen molar-refractivity contribution in [3.63, 3.8) is 0 Å². The number of imidazole rings is 1. The molecule has 5 aromatic rings. The molecule has 2 aromatic carbocycles. The lowest BCUT2D eigenvalue weighted by molar-refractivity contribution is -0.114. The molecule has 0 saturated carbocycles. The molecule has 0 amide bonds. The summed E-state index contributed by atoms with van der Waals surface area (Å²) in [7, 11) is 3.02. The summed E-state index contributed by atoms with van der Waals surface area (Å²) in [5.41, 5.74) is 3.84. The molecular weight excluding hydrogens is 544 g/mol. The summed E-state index contributed by atoms with van der Waals surface area (Å²) >= 11 is 13.4. The number of carbonyl (C=O) groups excluding carboxylic acids is 1. The molecule has 0 unspecified atom stereocenters. The fourth-order valence-corrected chi connectivity index (χ4v) is 5.14. The number of ether oxygens (including phenoxy) is 2. The van der Waals surface area contributed by atoms with Gasteiger partial charge in [-0.05, 0) is 42.3 Å². The van der Waals surface area contributed by atoms with Crippen LogP contribution >= 0.6 is 23.2 Å². The van der Waals surface area contributed by atoms with Crippen molar-refractivity contribution < 1.29 is 18.7 Å². The lowest BCUT2D eigenvalue weighted by atomic mass is 10.0. The van der Waals surface area contributed by atoms with Crippen LogP contribution in [0.4, 0.5) is 16.0 Å². The number of aryl methyl sites for hydroxylation is 1. The number of aromatic nitrogens is 4. The number of allylic oxidation sites excluding steroid dienone is 1. The van der Waals surface area contributed by atoms with Crippen molar-refractivity contribution in [2.75, 3.05) is 19.5 Å². The zero-order valence-corrected chi connectivity index (χ0v) is 22.7. The van der Waals surface area contributed by atoms with Crippen LogP contribution in [0.3, 0.4) is 0 Å². The van der Waals surface area contributed by atoms with E-state index >= 15 is 0 Å². The molecule has 11 heteroatoms.